The van der Waals surface area contributed by atoms with Crippen LogP contribution in [0.15, 0.2) is 41.6 Å². The van der Waals surface area contributed by atoms with Gasteiger partial charge in [0.1, 0.15) is 17.3 Å². The molecule has 110 valence electrons. The Labute approximate surface area is 122 Å². The average Bonchev–Trinajstić information content (AvgIpc) is 2.90. The molecule has 7 nitrogen and oxygen atoms in total. The monoisotopic (exact) mass is 306 g/mol. The van der Waals surface area contributed by atoms with Crippen LogP contribution in [0, 0.1) is 0 Å². The van der Waals surface area contributed by atoms with Crippen molar-refractivity contribution in [1.29, 1.82) is 0 Å². The fourth-order valence-electron chi connectivity index (χ4n) is 2.10. The van der Waals surface area contributed by atoms with Gasteiger partial charge in [0.2, 0.25) is 16.0 Å². The fourth-order valence-corrected chi connectivity index (χ4v) is 3.19. The average molecular weight is 306 g/mol. The van der Waals surface area contributed by atoms with Crippen LogP contribution in [-0.2, 0) is 10.0 Å². The van der Waals surface area contributed by atoms with E-state index < -0.39 is 16.1 Å². The van der Waals surface area contributed by atoms with Crippen molar-refractivity contribution in [2.24, 2.45) is 0 Å². The van der Waals surface area contributed by atoms with E-state index >= 15 is 0 Å². The van der Waals surface area contributed by atoms with Crippen molar-refractivity contribution in [3.05, 3.63) is 42.2 Å². The lowest BCUT2D eigenvalue weighted by Gasteiger charge is -2.12. The molecule has 0 saturated heterocycles. The summed E-state index contributed by atoms with van der Waals surface area (Å²) in [5.41, 5.74) is 0.828. The lowest BCUT2D eigenvalue weighted by atomic mass is 10.1. The van der Waals surface area contributed by atoms with Gasteiger partial charge in [0.15, 0.2) is 0 Å². The van der Waals surface area contributed by atoms with Gasteiger partial charge < -0.3 is 10.1 Å². The highest BCUT2D eigenvalue weighted by Crippen LogP contribution is 2.32. The third kappa shape index (κ3) is 2.67. The highest BCUT2D eigenvalue weighted by atomic mass is 32.2. The maximum Gasteiger partial charge on any atom is 0.244 e. The zero-order valence-corrected chi connectivity index (χ0v) is 12.1. The molecule has 0 spiro atoms. The third-order valence-electron chi connectivity index (χ3n) is 3.16. The summed E-state index contributed by atoms with van der Waals surface area (Å²) in [6, 6.07) is 6.94. The number of sulfonamides is 1. The molecular formula is C13H14N4O3S. The Bertz CT molecular complexity index is 746. The maximum absolute atomic E-state index is 12.3. The molecule has 21 heavy (non-hydrogen) atoms. The molecule has 8 heteroatoms. The van der Waals surface area contributed by atoms with Crippen LogP contribution in [0.2, 0.25) is 0 Å². The molecule has 0 fully saturated rings. The number of hydrogen-bond donors (Lipinski definition) is 2. The largest absolute Gasteiger partial charge is 0.491 e. The molecule has 0 amide bonds. The number of hydrogen-bond acceptors (Lipinski definition) is 6. The molecule has 0 radical (unpaired) electrons. The van der Waals surface area contributed by atoms with Gasteiger partial charge in [-0.1, -0.05) is 18.2 Å². The molecule has 2 heterocycles. The molecule has 1 aliphatic rings. The van der Waals surface area contributed by atoms with E-state index in [4.69, 9.17) is 4.74 Å². The Morgan fingerprint density at radius 2 is 1.95 bits per heavy atom. The highest BCUT2D eigenvalue weighted by Gasteiger charge is 2.28. The molecule has 3 rings (SSSR count). The summed E-state index contributed by atoms with van der Waals surface area (Å²) in [4.78, 5) is 7.84. The molecule has 1 atom stereocenters. The number of rotatable bonds is 4. The minimum absolute atomic E-state index is 0.0193. The number of anilines is 1. The maximum atomic E-state index is 12.3. The van der Waals surface area contributed by atoms with Crippen LogP contribution in [0.25, 0.3) is 0 Å². The van der Waals surface area contributed by atoms with Gasteiger partial charge in [0, 0.05) is 12.6 Å². The standard InChI is InChI=1S/C13H14N4O3S/c1-14-13-15-6-9(7-16-13)21(18,19)17-11-8-20-12-5-3-2-4-10(11)12/h2-7,11,17H,8H2,1H3,(H,14,15,16). The summed E-state index contributed by atoms with van der Waals surface area (Å²) in [5.74, 6) is 1.07. The van der Waals surface area contributed by atoms with E-state index in [2.05, 4.69) is 20.0 Å². The first kappa shape index (κ1) is 13.8. The summed E-state index contributed by atoms with van der Waals surface area (Å²) >= 11 is 0. The van der Waals surface area contributed by atoms with Crippen molar-refractivity contribution in [1.82, 2.24) is 14.7 Å². The number of benzene rings is 1. The second kappa shape index (κ2) is 5.30. The topological polar surface area (TPSA) is 93.2 Å². The van der Waals surface area contributed by atoms with Crippen LogP contribution in [0.5, 0.6) is 5.75 Å². The van der Waals surface area contributed by atoms with Crippen molar-refractivity contribution in [3.8, 4) is 5.75 Å². The summed E-state index contributed by atoms with van der Waals surface area (Å²) in [7, 11) is -2.03. The normalized spacial score (nSPS) is 17.1. The molecule has 0 saturated carbocycles. The van der Waals surface area contributed by atoms with Crippen molar-refractivity contribution >= 4 is 16.0 Å². The minimum Gasteiger partial charge on any atom is -0.491 e. The molecular weight excluding hydrogens is 292 g/mol. The van der Waals surface area contributed by atoms with Crippen LogP contribution in [0.3, 0.4) is 0 Å². The zero-order chi connectivity index (χ0) is 14.9. The van der Waals surface area contributed by atoms with E-state index in [1.165, 1.54) is 12.4 Å². The van der Waals surface area contributed by atoms with E-state index in [-0.39, 0.29) is 11.5 Å². The number of aromatic nitrogens is 2. The molecule has 0 bridgehead atoms. The van der Waals surface area contributed by atoms with E-state index in [0.29, 0.717) is 11.7 Å². The van der Waals surface area contributed by atoms with E-state index in [1.807, 2.05) is 24.3 Å². The summed E-state index contributed by atoms with van der Waals surface area (Å²) in [5, 5.41) is 2.73. The van der Waals surface area contributed by atoms with Gasteiger partial charge in [-0.3, -0.25) is 0 Å². The second-order valence-electron chi connectivity index (χ2n) is 4.52. The van der Waals surface area contributed by atoms with Crippen molar-refractivity contribution in [2.45, 2.75) is 10.9 Å². The van der Waals surface area contributed by atoms with Gasteiger partial charge in [-0.05, 0) is 6.07 Å². The number of ether oxygens (including phenoxy) is 1. The van der Waals surface area contributed by atoms with Gasteiger partial charge >= 0.3 is 0 Å². The highest BCUT2D eigenvalue weighted by molar-refractivity contribution is 7.89. The molecule has 1 aromatic heterocycles. The quantitative estimate of drug-likeness (QED) is 0.873. The Hall–Kier alpha value is -2.19. The second-order valence-corrected chi connectivity index (χ2v) is 6.23. The van der Waals surface area contributed by atoms with Crippen molar-refractivity contribution in [2.75, 3.05) is 19.0 Å². The van der Waals surface area contributed by atoms with Gasteiger partial charge in [-0.2, -0.15) is 4.72 Å². The van der Waals surface area contributed by atoms with E-state index in [9.17, 15) is 8.42 Å². The van der Waals surface area contributed by atoms with E-state index in [1.54, 1.807) is 7.05 Å². The fraction of sp³-hybridized carbons (Fsp3) is 0.231. The van der Waals surface area contributed by atoms with E-state index in [0.717, 1.165) is 5.56 Å². The molecule has 1 unspecified atom stereocenters. The smallest absolute Gasteiger partial charge is 0.244 e. The van der Waals surface area contributed by atoms with Crippen LogP contribution in [0.4, 0.5) is 5.95 Å². The molecule has 1 aromatic carbocycles. The molecule has 2 aromatic rings. The van der Waals surface area contributed by atoms with Gasteiger partial charge in [-0.25, -0.2) is 18.4 Å². The van der Waals surface area contributed by atoms with Gasteiger partial charge in [-0.15, -0.1) is 0 Å². The summed E-state index contributed by atoms with van der Waals surface area (Å²) < 4.78 is 32.7. The first-order valence-electron chi connectivity index (χ1n) is 6.34. The summed E-state index contributed by atoms with van der Waals surface area (Å²) in [6.45, 7) is 0.272. The van der Waals surface area contributed by atoms with Crippen molar-refractivity contribution < 1.29 is 13.2 Å². The van der Waals surface area contributed by atoms with Crippen molar-refractivity contribution in [3.63, 3.8) is 0 Å². The Morgan fingerprint density at radius 3 is 2.67 bits per heavy atom. The number of fused-ring (bicyclic) bond motifs is 1. The first-order valence-corrected chi connectivity index (χ1v) is 7.82. The lowest BCUT2D eigenvalue weighted by Crippen LogP contribution is -2.29. The zero-order valence-electron chi connectivity index (χ0n) is 11.3. The SMILES string of the molecule is CNc1ncc(S(=O)(=O)NC2COc3ccccc32)cn1. The van der Waals surface area contributed by atoms with Crippen LogP contribution < -0.4 is 14.8 Å². The Balaban J connectivity index is 1.83. The number of nitrogens with one attached hydrogen (secondary N) is 2. The van der Waals surface area contributed by atoms with Gasteiger partial charge in [0.05, 0.1) is 18.4 Å². The lowest BCUT2D eigenvalue weighted by molar-refractivity contribution is 0.325. The van der Waals surface area contributed by atoms with Crippen LogP contribution >= 0.6 is 0 Å². The Kier molecular flexibility index (Phi) is 3.48. The van der Waals surface area contributed by atoms with Crippen LogP contribution in [0.1, 0.15) is 11.6 Å². The third-order valence-corrected chi connectivity index (χ3v) is 4.59. The first-order chi connectivity index (χ1) is 10.1. The van der Waals surface area contributed by atoms with Gasteiger partial charge in [0.25, 0.3) is 0 Å². The molecule has 2 N–H and O–H groups in total. The molecule has 0 aliphatic carbocycles. The number of para-hydroxylation sites is 1. The van der Waals surface area contributed by atoms with Crippen LogP contribution in [-0.4, -0.2) is 32.0 Å². The predicted octanol–water partition coefficient (Wildman–Crippen LogP) is 0.930. The number of nitrogens with zero attached hydrogens (tertiary/aromatic N) is 2. The minimum atomic E-state index is -3.69. The molecule has 1 aliphatic heterocycles. The predicted molar refractivity (Wildman–Crippen MR) is 76.6 cm³/mol. The summed E-state index contributed by atoms with van der Waals surface area (Å²) in [6.07, 6.45) is 2.53. The Morgan fingerprint density at radius 1 is 1.24 bits per heavy atom.